The van der Waals surface area contributed by atoms with Crippen LogP contribution >= 0.6 is 12.4 Å². The maximum absolute atomic E-state index is 12.1. The normalized spacial score (nSPS) is 24.9. The summed E-state index contributed by atoms with van der Waals surface area (Å²) in [7, 11) is 0. The molecular formula is C12H24ClN3O3. The number of carbonyl (C=O) groups is 1. The maximum atomic E-state index is 12.1. The average molecular weight is 294 g/mol. The monoisotopic (exact) mass is 293 g/mol. The fourth-order valence-electron chi connectivity index (χ4n) is 2.44. The van der Waals surface area contributed by atoms with E-state index in [1.54, 1.807) is 0 Å². The number of amides is 1. The van der Waals surface area contributed by atoms with Crippen molar-refractivity contribution in [1.82, 2.24) is 15.1 Å². The van der Waals surface area contributed by atoms with Crippen molar-refractivity contribution >= 4 is 18.3 Å². The number of carbonyl (C=O) groups excluding carboxylic acids is 1. The fourth-order valence-corrected chi connectivity index (χ4v) is 2.44. The van der Waals surface area contributed by atoms with E-state index in [2.05, 4.69) is 10.2 Å². The quantitative estimate of drug-likeness (QED) is 0.691. The standard InChI is InChI=1S/C12H23N3O3.ClH/c16-7-6-14-2-4-15(5-3-14)12(17)9-11-10-13-1-8-18-11;/h11,13,16H,1-10H2;1H. The lowest BCUT2D eigenvalue weighted by Gasteiger charge is -2.35. The van der Waals surface area contributed by atoms with E-state index in [1.807, 2.05) is 4.90 Å². The third-order valence-electron chi connectivity index (χ3n) is 3.55. The third-order valence-corrected chi connectivity index (χ3v) is 3.55. The van der Waals surface area contributed by atoms with E-state index >= 15 is 0 Å². The van der Waals surface area contributed by atoms with Gasteiger partial charge in [0.25, 0.3) is 0 Å². The molecule has 2 rings (SSSR count). The number of halogens is 1. The number of rotatable bonds is 4. The number of aliphatic hydroxyl groups is 1. The molecule has 0 aromatic carbocycles. The number of nitrogens with zero attached hydrogens (tertiary/aromatic N) is 2. The first-order chi connectivity index (χ1) is 8.79. The highest BCUT2D eigenvalue weighted by Crippen LogP contribution is 2.08. The molecule has 1 unspecified atom stereocenters. The smallest absolute Gasteiger partial charge is 0.225 e. The van der Waals surface area contributed by atoms with E-state index in [4.69, 9.17) is 9.84 Å². The Kier molecular flexibility index (Phi) is 7.63. The van der Waals surface area contributed by atoms with Crippen molar-refractivity contribution in [3.63, 3.8) is 0 Å². The molecule has 2 N–H and O–H groups in total. The topological polar surface area (TPSA) is 65.0 Å². The Labute approximate surface area is 120 Å². The van der Waals surface area contributed by atoms with E-state index < -0.39 is 0 Å². The van der Waals surface area contributed by atoms with Gasteiger partial charge in [-0.3, -0.25) is 9.69 Å². The molecule has 19 heavy (non-hydrogen) atoms. The minimum absolute atomic E-state index is 0. The Bertz CT molecular complexity index is 267. The predicted molar refractivity (Wildman–Crippen MR) is 74.6 cm³/mol. The first-order valence-corrected chi connectivity index (χ1v) is 6.73. The van der Waals surface area contributed by atoms with Gasteiger partial charge in [0.05, 0.1) is 25.7 Å². The number of nitrogens with one attached hydrogen (secondary N) is 1. The Hall–Kier alpha value is -0.400. The van der Waals surface area contributed by atoms with Crippen molar-refractivity contribution in [2.75, 3.05) is 59.0 Å². The molecule has 2 aliphatic rings. The zero-order chi connectivity index (χ0) is 12.8. The molecule has 2 aliphatic heterocycles. The van der Waals surface area contributed by atoms with Crippen LogP contribution in [-0.2, 0) is 9.53 Å². The second kappa shape index (κ2) is 8.71. The summed E-state index contributed by atoms with van der Waals surface area (Å²) in [4.78, 5) is 16.2. The van der Waals surface area contributed by atoms with E-state index in [1.165, 1.54) is 0 Å². The van der Waals surface area contributed by atoms with Crippen molar-refractivity contribution in [3.8, 4) is 0 Å². The average Bonchev–Trinajstić information content (AvgIpc) is 2.41. The van der Waals surface area contributed by atoms with Crippen LogP contribution in [-0.4, -0.2) is 85.9 Å². The molecule has 7 heteroatoms. The van der Waals surface area contributed by atoms with Crippen LogP contribution in [0.4, 0.5) is 0 Å². The summed E-state index contributed by atoms with van der Waals surface area (Å²) in [6, 6.07) is 0. The minimum atomic E-state index is 0. The van der Waals surface area contributed by atoms with Crippen LogP contribution < -0.4 is 5.32 Å². The van der Waals surface area contributed by atoms with Crippen molar-refractivity contribution in [1.29, 1.82) is 0 Å². The fraction of sp³-hybridized carbons (Fsp3) is 0.917. The second-order valence-corrected chi connectivity index (χ2v) is 4.85. The van der Waals surface area contributed by atoms with Crippen LogP contribution in [0.5, 0.6) is 0 Å². The molecule has 0 aromatic heterocycles. The molecule has 0 spiro atoms. The summed E-state index contributed by atoms with van der Waals surface area (Å²) < 4.78 is 5.55. The summed E-state index contributed by atoms with van der Waals surface area (Å²) >= 11 is 0. The van der Waals surface area contributed by atoms with Gasteiger partial charge in [0.2, 0.25) is 5.91 Å². The summed E-state index contributed by atoms with van der Waals surface area (Å²) in [6.07, 6.45) is 0.509. The Balaban J connectivity index is 0.00000180. The highest BCUT2D eigenvalue weighted by molar-refractivity contribution is 5.85. The van der Waals surface area contributed by atoms with Crippen LogP contribution in [0.1, 0.15) is 6.42 Å². The summed E-state index contributed by atoms with van der Waals surface area (Å²) in [6.45, 7) is 6.49. The highest BCUT2D eigenvalue weighted by Gasteiger charge is 2.24. The maximum Gasteiger partial charge on any atom is 0.225 e. The summed E-state index contributed by atoms with van der Waals surface area (Å²) in [5.74, 6) is 0.187. The van der Waals surface area contributed by atoms with Gasteiger partial charge in [-0.05, 0) is 0 Å². The van der Waals surface area contributed by atoms with E-state index in [9.17, 15) is 4.79 Å². The molecule has 0 radical (unpaired) electrons. The van der Waals surface area contributed by atoms with Gasteiger partial charge >= 0.3 is 0 Å². The number of piperazine rings is 1. The van der Waals surface area contributed by atoms with Gasteiger partial charge in [0, 0.05) is 45.8 Å². The molecule has 0 aliphatic carbocycles. The van der Waals surface area contributed by atoms with Gasteiger partial charge in [-0.2, -0.15) is 0 Å². The predicted octanol–water partition coefficient (Wildman–Crippen LogP) is -1.08. The van der Waals surface area contributed by atoms with Crippen LogP contribution in [0.15, 0.2) is 0 Å². The van der Waals surface area contributed by atoms with Gasteiger partial charge in [-0.25, -0.2) is 0 Å². The van der Waals surface area contributed by atoms with E-state index in [-0.39, 0.29) is 31.0 Å². The van der Waals surface area contributed by atoms with E-state index in [0.29, 0.717) is 19.6 Å². The third kappa shape index (κ3) is 5.24. The summed E-state index contributed by atoms with van der Waals surface area (Å²) in [5, 5.41) is 12.1. The zero-order valence-corrected chi connectivity index (χ0v) is 12.0. The SMILES string of the molecule is Cl.O=C(CC1CNCCO1)N1CCN(CCO)CC1. The molecule has 0 saturated carbocycles. The van der Waals surface area contributed by atoms with Gasteiger partial charge in [0.15, 0.2) is 0 Å². The van der Waals surface area contributed by atoms with E-state index in [0.717, 1.165) is 39.3 Å². The van der Waals surface area contributed by atoms with Crippen LogP contribution in [0.2, 0.25) is 0 Å². The number of morpholine rings is 1. The van der Waals surface area contributed by atoms with Crippen molar-refractivity contribution in [3.05, 3.63) is 0 Å². The lowest BCUT2D eigenvalue weighted by Crippen LogP contribution is -2.50. The largest absolute Gasteiger partial charge is 0.395 e. The second-order valence-electron chi connectivity index (χ2n) is 4.85. The van der Waals surface area contributed by atoms with Crippen molar-refractivity contribution in [2.24, 2.45) is 0 Å². The van der Waals surface area contributed by atoms with Gasteiger partial charge < -0.3 is 20.1 Å². The number of hydrogen-bond acceptors (Lipinski definition) is 5. The Morgan fingerprint density at radius 2 is 2.05 bits per heavy atom. The van der Waals surface area contributed by atoms with Crippen LogP contribution in [0.25, 0.3) is 0 Å². The lowest BCUT2D eigenvalue weighted by atomic mass is 10.2. The first-order valence-electron chi connectivity index (χ1n) is 6.73. The Morgan fingerprint density at radius 3 is 2.63 bits per heavy atom. The van der Waals surface area contributed by atoms with Gasteiger partial charge in [-0.15, -0.1) is 12.4 Å². The summed E-state index contributed by atoms with van der Waals surface area (Å²) in [5.41, 5.74) is 0. The molecule has 1 amide bonds. The Morgan fingerprint density at radius 1 is 1.32 bits per heavy atom. The first kappa shape index (κ1) is 16.7. The van der Waals surface area contributed by atoms with Gasteiger partial charge in [0.1, 0.15) is 0 Å². The number of ether oxygens (including phenoxy) is 1. The lowest BCUT2D eigenvalue weighted by molar-refractivity contribution is -0.136. The number of β-amino-alcohol motifs (C(OH)–C–C–N with tert-alkyl or cyclic N) is 1. The molecule has 1 atom stereocenters. The van der Waals surface area contributed by atoms with Crippen molar-refractivity contribution < 1.29 is 14.6 Å². The number of aliphatic hydroxyl groups excluding tert-OH is 1. The molecule has 6 nitrogen and oxygen atoms in total. The van der Waals surface area contributed by atoms with Crippen LogP contribution in [0, 0.1) is 0 Å². The zero-order valence-electron chi connectivity index (χ0n) is 11.2. The minimum Gasteiger partial charge on any atom is -0.395 e. The van der Waals surface area contributed by atoms with Crippen LogP contribution in [0.3, 0.4) is 0 Å². The molecule has 2 heterocycles. The molecule has 112 valence electrons. The molecule has 0 bridgehead atoms. The van der Waals surface area contributed by atoms with Crippen molar-refractivity contribution in [2.45, 2.75) is 12.5 Å². The molecule has 2 saturated heterocycles. The molecular weight excluding hydrogens is 270 g/mol. The highest BCUT2D eigenvalue weighted by atomic mass is 35.5. The molecule has 2 fully saturated rings. The van der Waals surface area contributed by atoms with Gasteiger partial charge in [-0.1, -0.05) is 0 Å². The number of hydrogen-bond donors (Lipinski definition) is 2. The molecule has 0 aromatic rings.